The van der Waals surface area contributed by atoms with E-state index < -0.39 is 51.3 Å². The Hall–Kier alpha value is -1.02. The minimum atomic E-state index is -1.56. The third kappa shape index (κ3) is 1.75. The number of aliphatic hydroxyl groups is 1. The van der Waals surface area contributed by atoms with Crippen LogP contribution in [0.1, 0.15) is 40.0 Å². The predicted octanol–water partition coefficient (Wildman–Crippen LogP) is 2.69. The van der Waals surface area contributed by atoms with E-state index in [1.54, 1.807) is 0 Å². The molecule has 0 aromatic heterocycles. The van der Waals surface area contributed by atoms with E-state index >= 15 is 0 Å². The average molecular weight is 459 g/mol. The van der Waals surface area contributed by atoms with Gasteiger partial charge in [0.25, 0.3) is 0 Å². The summed E-state index contributed by atoms with van der Waals surface area (Å²) in [7, 11) is 0. The number of epoxide rings is 1. The van der Waals surface area contributed by atoms with E-state index in [0.717, 1.165) is 11.1 Å². The summed E-state index contributed by atoms with van der Waals surface area (Å²) in [6.45, 7) is 6.02. The zero-order valence-corrected chi connectivity index (χ0v) is 18.5. The van der Waals surface area contributed by atoms with Crippen LogP contribution in [-0.4, -0.2) is 63.6 Å². The van der Waals surface area contributed by atoms with Gasteiger partial charge in [0.05, 0.1) is 10.8 Å². The van der Waals surface area contributed by atoms with Crippen molar-refractivity contribution in [3.8, 4) is 0 Å². The van der Waals surface area contributed by atoms with E-state index in [1.807, 2.05) is 13.8 Å². The molecule has 0 radical (unpaired) electrons. The molecule has 9 heteroatoms. The Kier molecular flexibility index (Phi) is 3.59. The lowest BCUT2D eigenvalue weighted by atomic mass is 9.44. The largest absolute Gasteiger partial charge is 0.509 e. The smallest absolute Gasteiger partial charge is 0.458 e. The number of cyclic esters (lactones) is 1. The van der Waals surface area contributed by atoms with Gasteiger partial charge < -0.3 is 24.1 Å². The second kappa shape index (κ2) is 5.48. The van der Waals surface area contributed by atoms with Crippen molar-refractivity contribution < 1.29 is 33.6 Å². The maximum Gasteiger partial charge on any atom is 0.509 e. The molecule has 30 heavy (non-hydrogen) atoms. The van der Waals surface area contributed by atoms with Crippen molar-refractivity contribution in [2.45, 2.75) is 79.8 Å². The van der Waals surface area contributed by atoms with Crippen LogP contribution in [-0.2, 0) is 23.7 Å². The molecule has 7 nitrogen and oxygen atoms in total. The molecule has 0 amide bonds. The van der Waals surface area contributed by atoms with Crippen molar-refractivity contribution in [2.75, 3.05) is 6.61 Å². The molecule has 3 aliphatic carbocycles. The van der Waals surface area contributed by atoms with Crippen molar-refractivity contribution in [3.63, 3.8) is 0 Å². The standard InChI is InChI=1S/C21H24Cl2O7/c1-8(2)19(26)13(23)14-21(29-14)18(3)5-4-9-10(7-27-15(9)24)11(18)6-12(22)20(21)16(19)28-17(25)30-20/h8,11-14,16,26H,4-7H2,1-3H3/t11-,12+,13+,14+,16+,18-,19-,20?,21?/m0/s1. The lowest BCUT2D eigenvalue weighted by Crippen LogP contribution is -2.80. The highest BCUT2D eigenvalue weighted by molar-refractivity contribution is 6.24. The van der Waals surface area contributed by atoms with E-state index in [-0.39, 0.29) is 24.4 Å². The number of alkyl halides is 2. The molecule has 2 spiro atoms. The molecule has 2 unspecified atom stereocenters. The monoisotopic (exact) mass is 458 g/mol. The number of hydrogen-bond acceptors (Lipinski definition) is 7. The molecule has 0 bridgehead atoms. The van der Waals surface area contributed by atoms with Crippen molar-refractivity contribution in [1.82, 2.24) is 0 Å². The van der Waals surface area contributed by atoms with Crippen LogP contribution in [0.25, 0.3) is 0 Å². The van der Waals surface area contributed by atoms with Gasteiger partial charge in [-0.05, 0) is 36.7 Å². The first kappa shape index (κ1) is 19.6. The molecule has 6 aliphatic rings. The third-order valence-corrected chi connectivity index (χ3v) is 10.1. The van der Waals surface area contributed by atoms with Crippen molar-refractivity contribution in [3.05, 3.63) is 11.1 Å². The minimum absolute atomic E-state index is 0.0695. The number of rotatable bonds is 1. The molecule has 0 aromatic carbocycles. The summed E-state index contributed by atoms with van der Waals surface area (Å²) in [6.07, 6.45) is -0.798. The highest BCUT2D eigenvalue weighted by Crippen LogP contribution is 2.77. The van der Waals surface area contributed by atoms with Crippen LogP contribution in [0.2, 0.25) is 0 Å². The molecule has 2 saturated heterocycles. The van der Waals surface area contributed by atoms with Gasteiger partial charge in [0.15, 0.2) is 6.10 Å². The zero-order chi connectivity index (χ0) is 21.4. The normalized spacial score (nSPS) is 55.6. The highest BCUT2D eigenvalue weighted by atomic mass is 35.5. The first-order valence-corrected chi connectivity index (χ1v) is 11.4. The van der Waals surface area contributed by atoms with E-state index in [4.69, 9.17) is 42.1 Å². The van der Waals surface area contributed by atoms with E-state index in [2.05, 4.69) is 6.92 Å². The van der Waals surface area contributed by atoms with Gasteiger partial charge in [-0.25, -0.2) is 9.59 Å². The molecule has 9 atom stereocenters. The number of esters is 1. The van der Waals surface area contributed by atoms with Crippen LogP contribution in [0.5, 0.6) is 0 Å². The Morgan fingerprint density at radius 3 is 2.67 bits per heavy atom. The van der Waals surface area contributed by atoms with Crippen LogP contribution >= 0.6 is 23.2 Å². The summed E-state index contributed by atoms with van der Waals surface area (Å²) >= 11 is 13.9. The van der Waals surface area contributed by atoms with Gasteiger partial charge in [-0.3, -0.25) is 0 Å². The van der Waals surface area contributed by atoms with Crippen molar-refractivity contribution >= 4 is 35.3 Å². The van der Waals surface area contributed by atoms with Crippen LogP contribution in [0.15, 0.2) is 11.1 Å². The second-order valence-corrected chi connectivity index (χ2v) is 11.1. The molecule has 3 aliphatic heterocycles. The topological polar surface area (TPSA) is 94.6 Å². The van der Waals surface area contributed by atoms with E-state index in [0.29, 0.717) is 19.3 Å². The maximum absolute atomic E-state index is 12.5. The summed E-state index contributed by atoms with van der Waals surface area (Å²) in [6, 6.07) is 0. The summed E-state index contributed by atoms with van der Waals surface area (Å²) in [5, 5.41) is 10.2. The van der Waals surface area contributed by atoms with Crippen LogP contribution in [0.4, 0.5) is 4.79 Å². The Labute approximate surface area is 183 Å². The van der Waals surface area contributed by atoms with Crippen molar-refractivity contribution in [1.29, 1.82) is 0 Å². The molecule has 3 heterocycles. The molecule has 6 rings (SSSR count). The quantitative estimate of drug-likeness (QED) is 0.366. The predicted molar refractivity (Wildman–Crippen MR) is 104 cm³/mol. The van der Waals surface area contributed by atoms with Crippen LogP contribution < -0.4 is 0 Å². The first-order chi connectivity index (χ1) is 14.1. The van der Waals surface area contributed by atoms with Gasteiger partial charge in [0.1, 0.15) is 23.9 Å². The van der Waals surface area contributed by atoms with Gasteiger partial charge in [0.2, 0.25) is 5.60 Å². The van der Waals surface area contributed by atoms with Gasteiger partial charge in [-0.2, -0.15) is 0 Å². The highest BCUT2D eigenvalue weighted by Gasteiger charge is 2.94. The molecule has 164 valence electrons. The summed E-state index contributed by atoms with van der Waals surface area (Å²) in [4.78, 5) is 24.7. The fourth-order valence-corrected chi connectivity index (χ4v) is 8.52. The number of carbonyl (C=O) groups excluding carboxylic acids is 2. The average Bonchev–Trinajstić information content (AvgIpc) is 3.21. The molecule has 0 aromatic rings. The molecule has 1 N–H and O–H groups in total. The lowest BCUT2D eigenvalue weighted by Gasteiger charge is -2.62. The Balaban J connectivity index is 1.56. The van der Waals surface area contributed by atoms with Crippen molar-refractivity contribution in [2.24, 2.45) is 17.3 Å². The molecular formula is C21H24Cl2O7. The molecule has 4 fully saturated rings. The Morgan fingerprint density at radius 2 is 1.97 bits per heavy atom. The van der Waals surface area contributed by atoms with Crippen LogP contribution in [0.3, 0.4) is 0 Å². The molecular weight excluding hydrogens is 435 g/mol. The SMILES string of the molecule is CC(C)[C@]1(O)[C@H](Cl)[C@H]2OC23C2(OC(=O)O[C@@H]21)[C@H](Cl)C[C@H]1C2=C(CC[C@@]13C)C(=O)OC2. The lowest BCUT2D eigenvalue weighted by molar-refractivity contribution is -0.208. The number of carbonyl (C=O) groups is 2. The summed E-state index contributed by atoms with van der Waals surface area (Å²) < 4.78 is 23.3. The maximum atomic E-state index is 12.5. The number of ether oxygens (including phenoxy) is 4. The molecule has 2 saturated carbocycles. The Morgan fingerprint density at radius 1 is 1.23 bits per heavy atom. The minimum Gasteiger partial charge on any atom is -0.458 e. The van der Waals surface area contributed by atoms with Gasteiger partial charge in [0, 0.05) is 11.0 Å². The van der Waals surface area contributed by atoms with E-state index in [1.165, 1.54) is 0 Å². The van der Waals surface area contributed by atoms with Gasteiger partial charge in [-0.1, -0.05) is 20.8 Å². The summed E-state index contributed by atoms with van der Waals surface area (Å²) in [5.41, 5.74) is -2.71. The summed E-state index contributed by atoms with van der Waals surface area (Å²) in [5.74, 6) is -0.653. The number of fused-ring (bicyclic) bond motifs is 2. The van der Waals surface area contributed by atoms with E-state index in [9.17, 15) is 14.7 Å². The Bertz CT molecular complexity index is 919. The third-order valence-electron chi connectivity index (χ3n) is 8.98. The second-order valence-electron chi connectivity index (χ2n) is 10.1. The fourth-order valence-electron chi connectivity index (χ4n) is 7.42. The first-order valence-electron chi connectivity index (χ1n) is 10.5. The van der Waals surface area contributed by atoms with Crippen LogP contribution in [0, 0.1) is 17.3 Å². The number of hydrogen-bond donors (Lipinski definition) is 1. The zero-order valence-electron chi connectivity index (χ0n) is 16.9. The fraction of sp³-hybridized carbons (Fsp3) is 0.810. The number of halogens is 2. The van der Waals surface area contributed by atoms with Gasteiger partial charge in [-0.15, -0.1) is 23.2 Å². The van der Waals surface area contributed by atoms with Gasteiger partial charge >= 0.3 is 12.1 Å².